The lowest BCUT2D eigenvalue weighted by Crippen LogP contribution is -1.84. The Morgan fingerprint density at radius 3 is 1.38 bits per heavy atom. The molecular weight excluding hydrogens is 104 g/mol. The van der Waals surface area contributed by atoms with Gasteiger partial charge >= 0.3 is 0 Å². The van der Waals surface area contributed by atoms with E-state index in [4.69, 9.17) is 0 Å². The van der Waals surface area contributed by atoms with E-state index in [2.05, 4.69) is 0 Å². The Hall–Kier alpha value is -0.920. The fourth-order valence-electron chi connectivity index (χ4n) is 0.153. The average molecular weight is 110 g/mol. The van der Waals surface area contributed by atoms with Gasteiger partial charge in [-0.1, -0.05) is 0 Å². The van der Waals surface area contributed by atoms with E-state index >= 15 is 0 Å². The number of allylic oxidation sites excluding steroid dienone is 2. The summed E-state index contributed by atoms with van der Waals surface area (Å²) in [4.78, 5) is 19.5. The molecule has 8 heavy (non-hydrogen) atoms. The minimum Gasteiger partial charge on any atom is -0.285 e. The number of hydrogen-bond acceptors (Lipinski definition) is 2. The monoisotopic (exact) mass is 110 g/mol. The molecule has 0 bridgehead atoms. The Bertz CT molecular complexity index is 117. The smallest absolute Gasteiger partial charge is 0.229 e. The van der Waals surface area contributed by atoms with Crippen molar-refractivity contribution in [1.29, 1.82) is 0 Å². The lowest BCUT2D eigenvalue weighted by atomic mass is 10.2. The molecule has 0 N–H and O–H groups in total. The zero-order valence-electron chi connectivity index (χ0n) is 4.82. The molecule has 0 unspecified atom stereocenters. The van der Waals surface area contributed by atoms with Gasteiger partial charge in [0.25, 0.3) is 0 Å². The predicted octanol–water partition coefficient (Wildman–Crippen LogP) is 0.542. The SMILES string of the molecule is C/C([C]=O)=C(\C)[C]=O. The Morgan fingerprint density at radius 1 is 1.00 bits per heavy atom. The lowest BCUT2D eigenvalue weighted by Gasteiger charge is -1.83. The van der Waals surface area contributed by atoms with Gasteiger partial charge in [-0.25, -0.2) is 0 Å². The maximum atomic E-state index is 9.74. The van der Waals surface area contributed by atoms with Crippen molar-refractivity contribution in [3.8, 4) is 0 Å². The Kier molecular flexibility index (Phi) is 2.77. The highest BCUT2D eigenvalue weighted by Gasteiger charge is 1.92. The van der Waals surface area contributed by atoms with Crippen molar-refractivity contribution in [1.82, 2.24) is 0 Å². The summed E-state index contributed by atoms with van der Waals surface area (Å²) in [5, 5.41) is 0. The van der Waals surface area contributed by atoms with Crippen LogP contribution >= 0.6 is 0 Å². The van der Waals surface area contributed by atoms with Crippen LogP contribution in [0.4, 0.5) is 0 Å². The first-order valence-corrected chi connectivity index (χ1v) is 2.16. The van der Waals surface area contributed by atoms with E-state index in [0.717, 1.165) is 0 Å². The molecular formula is C6H6O2. The fourth-order valence-corrected chi connectivity index (χ4v) is 0.153. The zero-order valence-corrected chi connectivity index (χ0v) is 4.82. The molecule has 0 aromatic rings. The molecule has 0 amide bonds. The van der Waals surface area contributed by atoms with Gasteiger partial charge in [0.15, 0.2) is 0 Å². The van der Waals surface area contributed by atoms with Crippen LogP contribution in [0.25, 0.3) is 0 Å². The molecule has 0 fully saturated rings. The molecule has 0 aliphatic rings. The molecule has 2 nitrogen and oxygen atoms in total. The topological polar surface area (TPSA) is 34.1 Å². The van der Waals surface area contributed by atoms with Gasteiger partial charge < -0.3 is 0 Å². The summed E-state index contributed by atoms with van der Waals surface area (Å²) < 4.78 is 0. The first kappa shape index (κ1) is 7.08. The molecule has 0 aliphatic heterocycles. The Labute approximate surface area is 48.2 Å². The molecule has 0 rings (SSSR count). The van der Waals surface area contributed by atoms with Gasteiger partial charge in [-0.2, -0.15) is 0 Å². The van der Waals surface area contributed by atoms with Crippen molar-refractivity contribution in [3.63, 3.8) is 0 Å². The quantitative estimate of drug-likeness (QED) is 0.486. The summed E-state index contributed by atoms with van der Waals surface area (Å²) in [5.74, 6) is 0. The molecule has 0 aromatic heterocycles. The van der Waals surface area contributed by atoms with E-state index in [0.29, 0.717) is 11.1 Å². The number of hydrogen-bond donors (Lipinski definition) is 0. The standard InChI is InChI=1S/C6H6O2/c1-5(3-7)6(2)4-8/h1-2H3/b6-5-. The molecule has 2 radical (unpaired) electrons. The van der Waals surface area contributed by atoms with Crippen LogP contribution in [0, 0.1) is 0 Å². The third-order valence-electron chi connectivity index (χ3n) is 0.869. The molecule has 0 aromatic carbocycles. The van der Waals surface area contributed by atoms with Gasteiger partial charge in [0.05, 0.1) is 0 Å². The van der Waals surface area contributed by atoms with Gasteiger partial charge in [0.1, 0.15) is 0 Å². The van der Waals surface area contributed by atoms with E-state index in [1.165, 1.54) is 13.8 Å². The van der Waals surface area contributed by atoms with Crippen molar-refractivity contribution in [3.05, 3.63) is 11.1 Å². The van der Waals surface area contributed by atoms with Crippen LogP contribution in [0.15, 0.2) is 11.1 Å². The molecule has 0 spiro atoms. The van der Waals surface area contributed by atoms with E-state index in [9.17, 15) is 9.59 Å². The number of carbonyl (C=O) groups excluding carboxylic acids is 2. The van der Waals surface area contributed by atoms with Gasteiger partial charge in [0.2, 0.25) is 12.6 Å². The highest BCUT2D eigenvalue weighted by atomic mass is 16.1. The van der Waals surface area contributed by atoms with E-state index in [1.54, 1.807) is 12.6 Å². The lowest BCUT2D eigenvalue weighted by molar-refractivity contribution is 0.557. The maximum Gasteiger partial charge on any atom is 0.229 e. The molecule has 0 atom stereocenters. The third-order valence-corrected chi connectivity index (χ3v) is 0.869. The van der Waals surface area contributed by atoms with Crippen LogP contribution in [-0.4, -0.2) is 12.6 Å². The summed E-state index contributed by atoms with van der Waals surface area (Å²) in [7, 11) is 0. The summed E-state index contributed by atoms with van der Waals surface area (Å²) in [6.07, 6.45) is 3.17. The highest BCUT2D eigenvalue weighted by Crippen LogP contribution is 1.93. The van der Waals surface area contributed by atoms with Crippen molar-refractivity contribution >= 4 is 12.6 Å². The molecule has 0 aliphatic carbocycles. The second-order valence-electron chi connectivity index (χ2n) is 1.45. The van der Waals surface area contributed by atoms with Crippen molar-refractivity contribution in [2.75, 3.05) is 0 Å². The minimum atomic E-state index is 0.319. The van der Waals surface area contributed by atoms with Crippen LogP contribution in [-0.2, 0) is 9.59 Å². The van der Waals surface area contributed by atoms with Gasteiger partial charge in [-0.05, 0) is 13.8 Å². The fraction of sp³-hybridized carbons (Fsp3) is 0.333. The second-order valence-corrected chi connectivity index (χ2v) is 1.45. The van der Waals surface area contributed by atoms with Gasteiger partial charge in [-0.15, -0.1) is 0 Å². The largest absolute Gasteiger partial charge is 0.285 e. The molecule has 0 saturated heterocycles. The van der Waals surface area contributed by atoms with Crippen molar-refractivity contribution in [2.24, 2.45) is 0 Å². The predicted molar refractivity (Wildman–Crippen MR) is 29.8 cm³/mol. The first-order chi connectivity index (χ1) is 3.72. The highest BCUT2D eigenvalue weighted by molar-refractivity contribution is 5.86. The molecule has 0 saturated carbocycles. The Morgan fingerprint density at radius 2 is 1.25 bits per heavy atom. The minimum absolute atomic E-state index is 0.319. The van der Waals surface area contributed by atoms with Crippen LogP contribution in [0.3, 0.4) is 0 Å². The van der Waals surface area contributed by atoms with Crippen LogP contribution in [0.1, 0.15) is 13.8 Å². The molecule has 42 valence electrons. The van der Waals surface area contributed by atoms with Crippen LogP contribution in [0.2, 0.25) is 0 Å². The Balaban J connectivity index is 4.25. The van der Waals surface area contributed by atoms with Crippen molar-refractivity contribution < 1.29 is 9.59 Å². The third kappa shape index (κ3) is 1.69. The van der Waals surface area contributed by atoms with E-state index in [-0.39, 0.29) is 0 Å². The summed E-state index contributed by atoms with van der Waals surface area (Å²) >= 11 is 0. The van der Waals surface area contributed by atoms with E-state index < -0.39 is 0 Å². The van der Waals surface area contributed by atoms with E-state index in [1.807, 2.05) is 0 Å². The molecule has 2 heteroatoms. The van der Waals surface area contributed by atoms with Crippen molar-refractivity contribution in [2.45, 2.75) is 13.8 Å². The van der Waals surface area contributed by atoms with Gasteiger partial charge in [0, 0.05) is 11.1 Å². The average Bonchev–Trinajstić information content (AvgIpc) is 1.84. The number of rotatable bonds is 2. The summed E-state index contributed by atoms with van der Waals surface area (Å²) in [5.41, 5.74) is 0.639. The molecule has 0 heterocycles. The summed E-state index contributed by atoms with van der Waals surface area (Å²) in [6, 6.07) is 0. The zero-order chi connectivity index (χ0) is 6.57. The normalized spacial score (nSPS) is 12.2. The summed E-state index contributed by atoms with van der Waals surface area (Å²) in [6.45, 7) is 3.04. The second kappa shape index (κ2) is 3.13. The first-order valence-electron chi connectivity index (χ1n) is 2.16. The van der Waals surface area contributed by atoms with Crippen LogP contribution < -0.4 is 0 Å². The van der Waals surface area contributed by atoms with Crippen LogP contribution in [0.5, 0.6) is 0 Å². The van der Waals surface area contributed by atoms with Gasteiger partial charge in [-0.3, -0.25) is 9.59 Å². The maximum absolute atomic E-state index is 9.74.